The van der Waals surface area contributed by atoms with Crippen LogP contribution in [0.25, 0.3) is 0 Å². The molecule has 0 unspecified atom stereocenters. The van der Waals surface area contributed by atoms with Gasteiger partial charge in [-0.2, -0.15) is 0 Å². The highest BCUT2D eigenvalue weighted by atomic mass is 16.5. The predicted molar refractivity (Wildman–Crippen MR) is 48.3 cm³/mol. The fraction of sp³-hybridized carbons (Fsp3) is 0.778. The van der Waals surface area contributed by atoms with E-state index >= 15 is 0 Å². The first-order valence-corrected chi connectivity index (χ1v) is 4.90. The van der Waals surface area contributed by atoms with E-state index in [1.807, 2.05) is 0 Å². The molecule has 2 saturated heterocycles. The summed E-state index contributed by atoms with van der Waals surface area (Å²) in [6, 6.07) is 0. The zero-order valence-corrected chi connectivity index (χ0v) is 8.07. The normalized spacial score (nSPS) is 24.7. The van der Waals surface area contributed by atoms with Gasteiger partial charge in [-0.05, 0) is 0 Å². The average molecular weight is 198 g/mol. The van der Waals surface area contributed by atoms with E-state index in [0.29, 0.717) is 32.7 Å². The van der Waals surface area contributed by atoms with Crippen molar-refractivity contribution < 1.29 is 14.3 Å². The number of nitrogens with zero attached hydrogens (tertiary/aromatic N) is 2. The Bertz CT molecular complexity index is 232. The van der Waals surface area contributed by atoms with E-state index in [4.69, 9.17) is 4.74 Å². The summed E-state index contributed by atoms with van der Waals surface area (Å²) in [5, 5.41) is 0. The van der Waals surface area contributed by atoms with Crippen LogP contribution in [0.4, 0.5) is 0 Å². The average Bonchev–Trinajstić information content (AvgIpc) is 2.51. The number of likely N-dealkylation sites (tertiary alicyclic amines) is 1. The molecular formula is C9H14N2O3. The van der Waals surface area contributed by atoms with Crippen molar-refractivity contribution in [1.29, 1.82) is 0 Å². The molecule has 5 nitrogen and oxygen atoms in total. The van der Waals surface area contributed by atoms with E-state index in [-0.39, 0.29) is 11.8 Å². The summed E-state index contributed by atoms with van der Waals surface area (Å²) >= 11 is 0. The van der Waals surface area contributed by atoms with Crippen molar-refractivity contribution in [3.63, 3.8) is 0 Å². The van der Waals surface area contributed by atoms with Crippen molar-refractivity contribution in [1.82, 2.24) is 9.80 Å². The van der Waals surface area contributed by atoms with Crippen LogP contribution < -0.4 is 0 Å². The summed E-state index contributed by atoms with van der Waals surface area (Å²) in [5.41, 5.74) is 0. The monoisotopic (exact) mass is 198 g/mol. The minimum absolute atomic E-state index is 0.0403. The third-order valence-corrected chi connectivity index (χ3v) is 2.60. The Morgan fingerprint density at radius 1 is 1.07 bits per heavy atom. The van der Waals surface area contributed by atoms with Gasteiger partial charge in [-0.25, -0.2) is 0 Å². The molecule has 0 aromatic carbocycles. The molecule has 2 amide bonds. The second kappa shape index (κ2) is 4.06. The lowest BCUT2D eigenvalue weighted by Gasteiger charge is -2.29. The van der Waals surface area contributed by atoms with Gasteiger partial charge in [0.15, 0.2) is 0 Å². The van der Waals surface area contributed by atoms with Crippen molar-refractivity contribution in [2.45, 2.75) is 12.8 Å². The standard InChI is InChI=1S/C9H14N2O3/c12-8-1-2-9(13)11(8)7-10-3-5-14-6-4-10/h1-7H2. The lowest BCUT2D eigenvalue weighted by molar-refractivity contribution is -0.141. The van der Waals surface area contributed by atoms with Crippen LogP contribution in [-0.2, 0) is 14.3 Å². The molecule has 0 bridgehead atoms. The van der Waals surface area contributed by atoms with Gasteiger partial charge in [0.05, 0.1) is 19.9 Å². The topological polar surface area (TPSA) is 49.9 Å². The molecule has 0 aromatic heterocycles. The maximum absolute atomic E-state index is 11.3. The van der Waals surface area contributed by atoms with Crippen LogP contribution in [0.2, 0.25) is 0 Å². The van der Waals surface area contributed by atoms with Gasteiger partial charge >= 0.3 is 0 Å². The lowest BCUT2D eigenvalue weighted by Crippen LogP contribution is -2.45. The number of carbonyl (C=O) groups excluding carboxylic acids is 2. The molecule has 0 aliphatic carbocycles. The minimum atomic E-state index is -0.0403. The van der Waals surface area contributed by atoms with Crippen molar-refractivity contribution in [2.75, 3.05) is 33.0 Å². The number of ether oxygens (including phenoxy) is 1. The first-order valence-electron chi connectivity index (χ1n) is 4.90. The molecule has 14 heavy (non-hydrogen) atoms. The van der Waals surface area contributed by atoms with Crippen LogP contribution in [0.1, 0.15) is 12.8 Å². The largest absolute Gasteiger partial charge is 0.379 e. The highest BCUT2D eigenvalue weighted by Crippen LogP contribution is 2.12. The Hall–Kier alpha value is -0.940. The number of carbonyl (C=O) groups is 2. The van der Waals surface area contributed by atoms with E-state index in [9.17, 15) is 9.59 Å². The number of hydrogen-bond donors (Lipinski definition) is 0. The van der Waals surface area contributed by atoms with E-state index < -0.39 is 0 Å². The molecular weight excluding hydrogens is 184 g/mol. The number of amides is 2. The van der Waals surface area contributed by atoms with Crippen LogP contribution in [0.3, 0.4) is 0 Å². The fourth-order valence-corrected chi connectivity index (χ4v) is 1.72. The molecule has 0 aromatic rings. The summed E-state index contributed by atoms with van der Waals surface area (Å²) < 4.78 is 5.19. The highest BCUT2D eigenvalue weighted by Gasteiger charge is 2.30. The third-order valence-electron chi connectivity index (χ3n) is 2.60. The summed E-state index contributed by atoms with van der Waals surface area (Å²) in [6.07, 6.45) is 0.756. The van der Waals surface area contributed by atoms with Crippen LogP contribution in [0.15, 0.2) is 0 Å². The number of imide groups is 1. The molecule has 5 heteroatoms. The van der Waals surface area contributed by atoms with Crippen molar-refractivity contribution in [2.24, 2.45) is 0 Å². The zero-order valence-electron chi connectivity index (χ0n) is 8.07. The van der Waals surface area contributed by atoms with Crippen molar-refractivity contribution >= 4 is 11.8 Å². The van der Waals surface area contributed by atoms with E-state index in [2.05, 4.69) is 4.90 Å². The van der Waals surface area contributed by atoms with Crippen LogP contribution >= 0.6 is 0 Å². The molecule has 78 valence electrons. The summed E-state index contributed by atoms with van der Waals surface area (Å²) in [4.78, 5) is 26.0. The Kier molecular flexibility index (Phi) is 2.79. The Morgan fingerprint density at radius 3 is 2.21 bits per heavy atom. The van der Waals surface area contributed by atoms with Crippen LogP contribution in [0.5, 0.6) is 0 Å². The first kappa shape index (κ1) is 9.61. The van der Waals surface area contributed by atoms with E-state index in [0.717, 1.165) is 13.1 Å². The van der Waals surface area contributed by atoms with Crippen molar-refractivity contribution in [3.05, 3.63) is 0 Å². The molecule has 0 saturated carbocycles. The molecule has 2 fully saturated rings. The van der Waals surface area contributed by atoms with Gasteiger partial charge < -0.3 is 4.74 Å². The molecule has 0 N–H and O–H groups in total. The predicted octanol–water partition coefficient (Wildman–Crippen LogP) is -0.575. The highest BCUT2D eigenvalue weighted by molar-refractivity contribution is 6.01. The molecule has 0 spiro atoms. The maximum atomic E-state index is 11.3. The van der Waals surface area contributed by atoms with Crippen LogP contribution in [-0.4, -0.2) is 54.6 Å². The van der Waals surface area contributed by atoms with Gasteiger partial charge in [0.25, 0.3) is 0 Å². The summed E-state index contributed by atoms with van der Waals surface area (Å²) in [6.45, 7) is 3.43. The van der Waals surface area contributed by atoms with Gasteiger partial charge in [0, 0.05) is 25.9 Å². The van der Waals surface area contributed by atoms with Gasteiger partial charge in [0.2, 0.25) is 11.8 Å². The number of hydrogen-bond acceptors (Lipinski definition) is 4. The third kappa shape index (κ3) is 1.93. The van der Waals surface area contributed by atoms with Crippen molar-refractivity contribution in [3.8, 4) is 0 Å². The molecule has 2 aliphatic heterocycles. The van der Waals surface area contributed by atoms with Gasteiger partial charge in [-0.3, -0.25) is 19.4 Å². The Labute approximate surface area is 82.6 Å². The SMILES string of the molecule is O=C1CCC(=O)N1CN1CCOCC1. The smallest absolute Gasteiger partial charge is 0.230 e. The zero-order chi connectivity index (χ0) is 9.97. The van der Waals surface area contributed by atoms with Gasteiger partial charge in [-0.1, -0.05) is 0 Å². The van der Waals surface area contributed by atoms with E-state index in [1.165, 1.54) is 4.90 Å². The first-order chi connectivity index (χ1) is 6.77. The molecule has 0 radical (unpaired) electrons. The van der Waals surface area contributed by atoms with Gasteiger partial charge in [0.1, 0.15) is 0 Å². The molecule has 2 rings (SSSR count). The Morgan fingerprint density at radius 2 is 1.64 bits per heavy atom. The second-order valence-corrected chi connectivity index (χ2v) is 3.59. The molecule has 2 heterocycles. The quantitative estimate of drug-likeness (QED) is 0.557. The van der Waals surface area contributed by atoms with Crippen LogP contribution in [0, 0.1) is 0 Å². The molecule has 0 atom stereocenters. The summed E-state index contributed by atoms with van der Waals surface area (Å²) in [5.74, 6) is -0.0806. The Balaban J connectivity index is 1.89. The van der Waals surface area contributed by atoms with E-state index in [1.54, 1.807) is 0 Å². The summed E-state index contributed by atoms with van der Waals surface area (Å²) in [7, 11) is 0. The molecule has 2 aliphatic rings. The number of morpholine rings is 1. The second-order valence-electron chi connectivity index (χ2n) is 3.59. The fourth-order valence-electron chi connectivity index (χ4n) is 1.72. The van der Waals surface area contributed by atoms with Gasteiger partial charge in [-0.15, -0.1) is 0 Å². The lowest BCUT2D eigenvalue weighted by atomic mass is 10.4. The maximum Gasteiger partial charge on any atom is 0.230 e. The number of rotatable bonds is 2. The minimum Gasteiger partial charge on any atom is -0.379 e.